The number of nitrogens with zero attached hydrogens (tertiary/aromatic N) is 2. The number of carbonyl (C=O) groups excluding carboxylic acids is 1. The zero-order valence-corrected chi connectivity index (χ0v) is 10.8. The molecule has 1 amide bonds. The second-order valence-corrected chi connectivity index (χ2v) is 4.25. The molecule has 7 nitrogen and oxygen atoms in total. The van der Waals surface area contributed by atoms with Crippen LogP contribution in [0.1, 0.15) is 10.4 Å². The SMILES string of the molecule is NNc1ncccc1C(=O)NCCN1CCOCC1. The average molecular weight is 265 g/mol. The highest BCUT2D eigenvalue weighted by Crippen LogP contribution is 2.09. The van der Waals surface area contributed by atoms with Crippen LogP contribution in [0.15, 0.2) is 18.3 Å². The van der Waals surface area contributed by atoms with Crippen LogP contribution in [0, 0.1) is 0 Å². The highest BCUT2D eigenvalue weighted by molar-refractivity contribution is 5.98. The van der Waals surface area contributed by atoms with Gasteiger partial charge in [-0.25, -0.2) is 10.8 Å². The van der Waals surface area contributed by atoms with E-state index in [4.69, 9.17) is 10.6 Å². The van der Waals surface area contributed by atoms with Crippen LogP contribution in [0.3, 0.4) is 0 Å². The molecule has 1 aliphatic rings. The number of rotatable bonds is 5. The Labute approximate surface area is 112 Å². The number of hydrazine groups is 1. The van der Waals surface area contributed by atoms with Gasteiger partial charge in [0.2, 0.25) is 0 Å². The van der Waals surface area contributed by atoms with E-state index in [9.17, 15) is 4.79 Å². The van der Waals surface area contributed by atoms with E-state index in [0.717, 1.165) is 32.8 Å². The predicted molar refractivity (Wildman–Crippen MR) is 71.6 cm³/mol. The highest BCUT2D eigenvalue weighted by Gasteiger charge is 2.13. The Kier molecular flexibility index (Phi) is 5.08. The fraction of sp³-hybridized carbons (Fsp3) is 0.500. The minimum Gasteiger partial charge on any atom is -0.379 e. The molecule has 0 unspecified atom stereocenters. The molecule has 1 fully saturated rings. The van der Waals surface area contributed by atoms with Crippen molar-refractivity contribution in [1.82, 2.24) is 15.2 Å². The molecule has 0 bridgehead atoms. The fourth-order valence-electron chi connectivity index (χ4n) is 1.95. The third-order valence-electron chi connectivity index (χ3n) is 3.01. The van der Waals surface area contributed by atoms with Crippen LogP contribution in [0.4, 0.5) is 5.82 Å². The molecule has 0 atom stereocenters. The number of amides is 1. The van der Waals surface area contributed by atoms with E-state index >= 15 is 0 Å². The Bertz CT molecular complexity index is 420. The lowest BCUT2D eigenvalue weighted by molar-refractivity contribution is 0.0383. The van der Waals surface area contributed by atoms with Crippen molar-refractivity contribution in [2.24, 2.45) is 5.84 Å². The Morgan fingerprint density at radius 1 is 1.47 bits per heavy atom. The van der Waals surface area contributed by atoms with Gasteiger partial charge in [0.05, 0.1) is 18.8 Å². The van der Waals surface area contributed by atoms with Crippen molar-refractivity contribution in [3.8, 4) is 0 Å². The summed E-state index contributed by atoms with van der Waals surface area (Å²) in [6.07, 6.45) is 1.58. The van der Waals surface area contributed by atoms with Crippen LogP contribution in [-0.2, 0) is 4.74 Å². The Morgan fingerprint density at radius 2 is 2.26 bits per heavy atom. The minimum absolute atomic E-state index is 0.172. The molecular formula is C12H19N5O2. The van der Waals surface area contributed by atoms with E-state index in [2.05, 4.69) is 20.6 Å². The van der Waals surface area contributed by atoms with Gasteiger partial charge in [-0.3, -0.25) is 9.69 Å². The molecule has 4 N–H and O–H groups in total. The summed E-state index contributed by atoms with van der Waals surface area (Å²) in [6, 6.07) is 3.39. The van der Waals surface area contributed by atoms with Gasteiger partial charge in [-0.15, -0.1) is 0 Å². The number of aromatic nitrogens is 1. The molecule has 2 heterocycles. The number of morpholine rings is 1. The number of pyridine rings is 1. The van der Waals surface area contributed by atoms with Crippen LogP contribution in [-0.4, -0.2) is 55.2 Å². The molecule has 19 heavy (non-hydrogen) atoms. The first-order chi connectivity index (χ1) is 9.31. The summed E-state index contributed by atoms with van der Waals surface area (Å²) < 4.78 is 5.27. The van der Waals surface area contributed by atoms with Crippen LogP contribution in [0.2, 0.25) is 0 Å². The molecule has 2 rings (SSSR count). The first-order valence-electron chi connectivity index (χ1n) is 6.31. The molecule has 1 aromatic heterocycles. The van der Waals surface area contributed by atoms with Crippen molar-refractivity contribution in [2.45, 2.75) is 0 Å². The molecule has 104 valence electrons. The monoisotopic (exact) mass is 265 g/mol. The topological polar surface area (TPSA) is 92.5 Å². The third kappa shape index (κ3) is 3.88. The van der Waals surface area contributed by atoms with Gasteiger partial charge < -0.3 is 15.5 Å². The first kappa shape index (κ1) is 13.7. The number of nitrogens with one attached hydrogen (secondary N) is 2. The normalized spacial score (nSPS) is 16.1. The zero-order valence-electron chi connectivity index (χ0n) is 10.8. The van der Waals surface area contributed by atoms with Crippen molar-refractivity contribution in [2.75, 3.05) is 44.8 Å². The third-order valence-corrected chi connectivity index (χ3v) is 3.01. The maximum Gasteiger partial charge on any atom is 0.255 e. The lowest BCUT2D eigenvalue weighted by Gasteiger charge is -2.26. The molecular weight excluding hydrogens is 246 g/mol. The molecule has 0 spiro atoms. The van der Waals surface area contributed by atoms with E-state index in [-0.39, 0.29) is 5.91 Å². The Morgan fingerprint density at radius 3 is 3.00 bits per heavy atom. The van der Waals surface area contributed by atoms with Gasteiger partial charge in [0.15, 0.2) is 5.82 Å². The number of nitrogen functional groups attached to an aromatic ring is 1. The van der Waals surface area contributed by atoms with Crippen molar-refractivity contribution in [1.29, 1.82) is 0 Å². The summed E-state index contributed by atoms with van der Waals surface area (Å²) in [5, 5.41) is 2.86. The Hall–Kier alpha value is -1.70. The number of nitrogens with two attached hydrogens (primary N) is 1. The molecule has 0 aromatic carbocycles. The number of hydrogen-bond donors (Lipinski definition) is 3. The second kappa shape index (κ2) is 7.03. The first-order valence-corrected chi connectivity index (χ1v) is 6.31. The van der Waals surface area contributed by atoms with Gasteiger partial charge in [0.1, 0.15) is 0 Å². The largest absolute Gasteiger partial charge is 0.379 e. The van der Waals surface area contributed by atoms with Gasteiger partial charge >= 0.3 is 0 Å². The van der Waals surface area contributed by atoms with Crippen molar-refractivity contribution >= 4 is 11.7 Å². The zero-order chi connectivity index (χ0) is 13.5. The van der Waals surface area contributed by atoms with E-state index in [1.54, 1.807) is 18.3 Å². The second-order valence-electron chi connectivity index (χ2n) is 4.25. The summed E-state index contributed by atoms with van der Waals surface area (Å²) in [4.78, 5) is 18.2. The van der Waals surface area contributed by atoms with Gasteiger partial charge in [-0.05, 0) is 12.1 Å². The van der Waals surface area contributed by atoms with E-state index < -0.39 is 0 Å². The molecule has 1 aliphatic heterocycles. The summed E-state index contributed by atoms with van der Waals surface area (Å²) in [5.74, 6) is 5.53. The van der Waals surface area contributed by atoms with E-state index in [1.165, 1.54) is 0 Å². The molecule has 0 radical (unpaired) electrons. The van der Waals surface area contributed by atoms with Gasteiger partial charge in [0, 0.05) is 32.4 Å². The van der Waals surface area contributed by atoms with Gasteiger partial charge in [-0.1, -0.05) is 0 Å². The Balaban J connectivity index is 1.80. The fourth-order valence-corrected chi connectivity index (χ4v) is 1.95. The smallest absolute Gasteiger partial charge is 0.255 e. The summed E-state index contributed by atoms with van der Waals surface area (Å²) in [6.45, 7) is 4.77. The van der Waals surface area contributed by atoms with Crippen LogP contribution in [0.25, 0.3) is 0 Å². The molecule has 0 aliphatic carbocycles. The summed E-state index contributed by atoms with van der Waals surface area (Å²) in [5.41, 5.74) is 2.87. The minimum atomic E-state index is -0.172. The van der Waals surface area contributed by atoms with E-state index in [0.29, 0.717) is 17.9 Å². The van der Waals surface area contributed by atoms with E-state index in [1.807, 2.05) is 0 Å². The van der Waals surface area contributed by atoms with Crippen LogP contribution < -0.4 is 16.6 Å². The maximum absolute atomic E-state index is 12.0. The van der Waals surface area contributed by atoms with Gasteiger partial charge in [-0.2, -0.15) is 0 Å². The number of anilines is 1. The average Bonchev–Trinajstić information content (AvgIpc) is 2.48. The maximum atomic E-state index is 12.0. The van der Waals surface area contributed by atoms with Crippen LogP contribution >= 0.6 is 0 Å². The summed E-state index contributed by atoms with van der Waals surface area (Å²) in [7, 11) is 0. The molecule has 7 heteroatoms. The molecule has 1 aromatic rings. The number of hydrogen-bond acceptors (Lipinski definition) is 6. The standard InChI is InChI=1S/C12H19N5O2/c13-16-11-10(2-1-3-14-11)12(18)15-4-5-17-6-8-19-9-7-17/h1-3H,4-9,13H2,(H,14,16)(H,15,18). The van der Waals surface area contributed by atoms with Gasteiger partial charge in [0.25, 0.3) is 5.91 Å². The highest BCUT2D eigenvalue weighted by atomic mass is 16.5. The van der Waals surface area contributed by atoms with Crippen molar-refractivity contribution < 1.29 is 9.53 Å². The predicted octanol–water partition coefficient (Wildman–Crippen LogP) is -0.571. The van der Waals surface area contributed by atoms with Crippen molar-refractivity contribution in [3.63, 3.8) is 0 Å². The molecule has 1 saturated heterocycles. The van der Waals surface area contributed by atoms with Crippen molar-refractivity contribution in [3.05, 3.63) is 23.9 Å². The quantitative estimate of drug-likeness (QED) is 0.488. The lowest BCUT2D eigenvalue weighted by Crippen LogP contribution is -2.41. The number of ether oxygens (including phenoxy) is 1. The lowest BCUT2D eigenvalue weighted by atomic mass is 10.2. The summed E-state index contributed by atoms with van der Waals surface area (Å²) >= 11 is 0. The molecule has 0 saturated carbocycles. The number of carbonyl (C=O) groups is 1. The van der Waals surface area contributed by atoms with Crippen LogP contribution in [0.5, 0.6) is 0 Å².